The monoisotopic (exact) mass is 310 g/mol. The summed E-state index contributed by atoms with van der Waals surface area (Å²) >= 11 is 1.95. The van der Waals surface area contributed by atoms with Crippen molar-refractivity contribution in [2.75, 3.05) is 6.54 Å². The van der Waals surface area contributed by atoms with Crippen molar-refractivity contribution in [3.8, 4) is 0 Å². The van der Waals surface area contributed by atoms with Crippen LogP contribution in [0.5, 0.6) is 0 Å². The molecule has 114 valence electrons. The van der Waals surface area contributed by atoms with Gasteiger partial charge in [-0.2, -0.15) is 0 Å². The van der Waals surface area contributed by atoms with E-state index in [9.17, 15) is 0 Å². The standard InChI is InChI=1S/C19H22N2S/c20-19(21-11-10-14-6-4-5-9-16(14)13-21)22-18-12-17(18)15-7-2-1-3-8-15/h1-9,17-19H,10-13,20H2. The number of benzene rings is 2. The lowest BCUT2D eigenvalue weighted by atomic mass is 10.0. The van der Waals surface area contributed by atoms with Gasteiger partial charge in [0.15, 0.2) is 0 Å². The van der Waals surface area contributed by atoms with Gasteiger partial charge in [0.1, 0.15) is 5.50 Å². The summed E-state index contributed by atoms with van der Waals surface area (Å²) in [4.78, 5) is 2.42. The van der Waals surface area contributed by atoms with Gasteiger partial charge in [0.25, 0.3) is 0 Å². The topological polar surface area (TPSA) is 29.3 Å². The molecule has 3 heteroatoms. The van der Waals surface area contributed by atoms with Gasteiger partial charge < -0.3 is 5.73 Å². The molecule has 3 unspecified atom stereocenters. The van der Waals surface area contributed by atoms with Crippen LogP contribution in [0, 0.1) is 0 Å². The fraction of sp³-hybridized carbons (Fsp3) is 0.368. The summed E-state index contributed by atoms with van der Waals surface area (Å²) in [5.41, 5.74) is 11.0. The summed E-state index contributed by atoms with van der Waals surface area (Å²) in [7, 11) is 0. The van der Waals surface area contributed by atoms with Crippen molar-refractivity contribution in [3.05, 3.63) is 71.3 Å². The lowest BCUT2D eigenvalue weighted by Crippen LogP contribution is -2.43. The molecule has 2 aliphatic rings. The van der Waals surface area contributed by atoms with E-state index in [2.05, 4.69) is 59.5 Å². The molecule has 3 atom stereocenters. The molecule has 2 aromatic carbocycles. The molecule has 4 rings (SSSR count). The van der Waals surface area contributed by atoms with Crippen LogP contribution < -0.4 is 5.73 Å². The fourth-order valence-electron chi connectivity index (χ4n) is 3.37. The molecule has 1 saturated carbocycles. The van der Waals surface area contributed by atoms with Crippen LogP contribution in [-0.4, -0.2) is 22.2 Å². The molecule has 2 nitrogen and oxygen atoms in total. The first-order valence-corrected chi connectivity index (χ1v) is 9.02. The Labute approximate surface area is 136 Å². The third-order valence-corrected chi connectivity index (χ3v) is 6.24. The van der Waals surface area contributed by atoms with Gasteiger partial charge in [-0.05, 0) is 35.4 Å². The lowest BCUT2D eigenvalue weighted by Gasteiger charge is -2.33. The molecular formula is C19H22N2S. The summed E-state index contributed by atoms with van der Waals surface area (Å²) in [5.74, 6) is 0.703. The second-order valence-electron chi connectivity index (χ2n) is 6.31. The third-order valence-electron chi connectivity index (χ3n) is 4.79. The molecule has 0 bridgehead atoms. The summed E-state index contributed by atoms with van der Waals surface area (Å²) in [6, 6.07) is 19.6. The summed E-state index contributed by atoms with van der Waals surface area (Å²) < 4.78 is 0. The Hall–Kier alpha value is -1.29. The molecule has 0 amide bonds. The minimum Gasteiger partial charge on any atom is -0.307 e. The normalized spacial score (nSPS) is 25.5. The number of rotatable bonds is 4. The number of nitrogens with zero attached hydrogens (tertiary/aromatic N) is 1. The highest BCUT2D eigenvalue weighted by molar-refractivity contribution is 8.00. The molecule has 0 saturated heterocycles. The maximum absolute atomic E-state index is 6.48. The number of nitrogens with two attached hydrogens (primary N) is 1. The number of fused-ring (bicyclic) bond motifs is 1. The van der Waals surface area contributed by atoms with E-state index < -0.39 is 0 Å². The summed E-state index contributed by atoms with van der Waals surface area (Å²) in [5, 5.41) is 0.689. The summed E-state index contributed by atoms with van der Waals surface area (Å²) in [6.45, 7) is 2.07. The van der Waals surface area contributed by atoms with Crippen molar-refractivity contribution in [1.82, 2.24) is 4.90 Å². The van der Waals surface area contributed by atoms with Gasteiger partial charge in [0.05, 0.1) is 0 Å². The van der Waals surface area contributed by atoms with Crippen LogP contribution in [0.15, 0.2) is 54.6 Å². The van der Waals surface area contributed by atoms with Crippen LogP contribution >= 0.6 is 11.8 Å². The van der Waals surface area contributed by atoms with Crippen LogP contribution in [0.1, 0.15) is 29.0 Å². The SMILES string of the molecule is NC(SC1CC1c1ccccc1)N1CCc2ccccc2C1. The molecule has 0 radical (unpaired) electrons. The van der Waals surface area contributed by atoms with Crippen molar-refractivity contribution >= 4 is 11.8 Å². The summed E-state index contributed by atoms with van der Waals surface area (Å²) in [6.07, 6.45) is 2.39. The first-order valence-electron chi connectivity index (χ1n) is 8.08. The van der Waals surface area contributed by atoms with Crippen LogP contribution in [0.3, 0.4) is 0 Å². The minimum atomic E-state index is 0.118. The van der Waals surface area contributed by atoms with Gasteiger partial charge in [-0.25, -0.2) is 0 Å². The average molecular weight is 310 g/mol. The van der Waals surface area contributed by atoms with E-state index in [0.717, 1.165) is 19.5 Å². The predicted molar refractivity (Wildman–Crippen MR) is 93.7 cm³/mol. The highest BCUT2D eigenvalue weighted by Crippen LogP contribution is 2.50. The zero-order valence-corrected chi connectivity index (χ0v) is 13.5. The van der Waals surface area contributed by atoms with Crippen molar-refractivity contribution in [3.63, 3.8) is 0 Å². The molecule has 1 fully saturated rings. The minimum absolute atomic E-state index is 0.118. The number of hydrogen-bond donors (Lipinski definition) is 1. The Balaban J connectivity index is 1.35. The van der Waals surface area contributed by atoms with Crippen molar-refractivity contribution < 1.29 is 0 Å². The van der Waals surface area contributed by atoms with E-state index in [0.29, 0.717) is 11.2 Å². The zero-order valence-electron chi connectivity index (χ0n) is 12.7. The van der Waals surface area contributed by atoms with Crippen LogP contribution in [0.4, 0.5) is 0 Å². The first kappa shape index (κ1) is 14.3. The Morgan fingerprint density at radius 1 is 1.00 bits per heavy atom. The van der Waals surface area contributed by atoms with Crippen molar-refractivity contribution in [2.24, 2.45) is 5.73 Å². The Kier molecular flexibility index (Phi) is 3.95. The average Bonchev–Trinajstić information content (AvgIpc) is 3.34. The Morgan fingerprint density at radius 2 is 1.73 bits per heavy atom. The fourth-order valence-corrected chi connectivity index (χ4v) is 4.75. The molecule has 1 aliphatic carbocycles. The second kappa shape index (κ2) is 6.07. The number of hydrogen-bond acceptors (Lipinski definition) is 3. The maximum atomic E-state index is 6.48. The molecule has 1 aliphatic heterocycles. The quantitative estimate of drug-likeness (QED) is 0.875. The van der Waals surface area contributed by atoms with Crippen molar-refractivity contribution in [2.45, 2.75) is 36.1 Å². The smallest absolute Gasteiger partial charge is 0.106 e. The molecule has 2 N–H and O–H groups in total. The first-order chi connectivity index (χ1) is 10.8. The molecule has 22 heavy (non-hydrogen) atoms. The zero-order chi connectivity index (χ0) is 14.9. The number of thioether (sulfide) groups is 1. The molecular weight excluding hydrogens is 288 g/mol. The molecule has 0 spiro atoms. The Bertz CT molecular complexity index is 643. The van der Waals surface area contributed by atoms with Gasteiger partial charge in [-0.1, -0.05) is 54.6 Å². The highest BCUT2D eigenvalue weighted by atomic mass is 32.2. The van der Waals surface area contributed by atoms with Crippen LogP contribution in [0.25, 0.3) is 0 Å². The highest BCUT2D eigenvalue weighted by Gasteiger charge is 2.40. The van der Waals surface area contributed by atoms with E-state index >= 15 is 0 Å². The third kappa shape index (κ3) is 2.94. The van der Waals surface area contributed by atoms with Crippen molar-refractivity contribution in [1.29, 1.82) is 0 Å². The maximum Gasteiger partial charge on any atom is 0.106 e. The molecule has 2 aromatic rings. The van der Waals surface area contributed by atoms with Crippen LogP contribution in [0.2, 0.25) is 0 Å². The van der Waals surface area contributed by atoms with Gasteiger partial charge >= 0.3 is 0 Å². The van der Waals surface area contributed by atoms with E-state index in [1.165, 1.54) is 23.1 Å². The van der Waals surface area contributed by atoms with E-state index in [1.807, 2.05) is 11.8 Å². The molecule has 0 aromatic heterocycles. The second-order valence-corrected chi connectivity index (χ2v) is 7.67. The van der Waals surface area contributed by atoms with E-state index in [1.54, 1.807) is 0 Å². The van der Waals surface area contributed by atoms with Gasteiger partial charge in [0.2, 0.25) is 0 Å². The van der Waals surface area contributed by atoms with E-state index in [-0.39, 0.29) is 5.50 Å². The predicted octanol–water partition coefficient (Wildman–Crippen LogP) is 3.58. The largest absolute Gasteiger partial charge is 0.307 e. The van der Waals surface area contributed by atoms with E-state index in [4.69, 9.17) is 5.73 Å². The van der Waals surface area contributed by atoms with Gasteiger partial charge in [-0.15, -0.1) is 11.8 Å². The Morgan fingerprint density at radius 3 is 2.55 bits per heavy atom. The van der Waals surface area contributed by atoms with Gasteiger partial charge in [0, 0.05) is 18.3 Å². The van der Waals surface area contributed by atoms with Gasteiger partial charge in [-0.3, -0.25) is 4.90 Å². The van der Waals surface area contributed by atoms with Crippen LogP contribution in [-0.2, 0) is 13.0 Å². The molecule has 1 heterocycles. The lowest BCUT2D eigenvalue weighted by molar-refractivity contribution is 0.240.